The van der Waals surface area contributed by atoms with Crippen LogP contribution in [0.5, 0.6) is 5.75 Å². The Morgan fingerprint density at radius 1 is 1.24 bits per heavy atom. The molecule has 1 saturated heterocycles. The summed E-state index contributed by atoms with van der Waals surface area (Å²) in [5, 5.41) is 26.0. The number of aromatic hydroxyl groups is 1. The van der Waals surface area contributed by atoms with Crippen LogP contribution in [0, 0.1) is 12.8 Å². The average Bonchev–Trinajstić information content (AvgIpc) is 3.41. The number of carbonyl (C=O) groups excluding carboxylic acids is 1. The van der Waals surface area contributed by atoms with Crippen LogP contribution >= 0.6 is 0 Å². The van der Waals surface area contributed by atoms with E-state index in [0.29, 0.717) is 48.3 Å². The molecule has 1 amide bonds. The molecule has 7 nitrogen and oxygen atoms in total. The molecule has 0 bridgehead atoms. The van der Waals surface area contributed by atoms with Crippen molar-refractivity contribution in [1.82, 2.24) is 19.7 Å². The number of hydrogen-bond donors (Lipinski definition) is 2. The molecule has 0 unspecified atom stereocenters. The van der Waals surface area contributed by atoms with Crippen LogP contribution < -0.4 is 0 Å². The molecular weight excluding hydrogens is 449 g/mol. The van der Waals surface area contributed by atoms with Crippen molar-refractivity contribution < 1.29 is 28.2 Å². The van der Waals surface area contributed by atoms with Crippen molar-refractivity contribution in [2.45, 2.75) is 58.0 Å². The number of hydrogen-bond acceptors (Lipinski definition) is 5. The molecule has 2 fully saturated rings. The van der Waals surface area contributed by atoms with E-state index in [1.807, 2.05) is 4.90 Å². The number of pyridine rings is 1. The summed E-state index contributed by atoms with van der Waals surface area (Å²) in [5.41, 5.74) is 0.673. The molecule has 1 aliphatic carbocycles. The highest BCUT2D eigenvalue weighted by Crippen LogP contribution is 2.39. The number of rotatable bonds is 5. The summed E-state index contributed by atoms with van der Waals surface area (Å²) in [6.07, 6.45) is -2.88. The Kier molecular flexibility index (Phi) is 5.31. The van der Waals surface area contributed by atoms with Crippen LogP contribution in [0.4, 0.5) is 13.2 Å². The van der Waals surface area contributed by atoms with Crippen LogP contribution in [-0.2, 0) is 17.5 Å². The van der Waals surface area contributed by atoms with Gasteiger partial charge >= 0.3 is 6.18 Å². The van der Waals surface area contributed by atoms with E-state index in [1.54, 1.807) is 23.7 Å². The van der Waals surface area contributed by atoms with E-state index in [1.165, 1.54) is 6.92 Å². The normalized spacial score (nSPS) is 19.9. The van der Waals surface area contributed by atoms with Crippen LogP contribution in [-0.4, -0.2) is 48.4 Å². The molecule has 0 spiro atoms. The number of fused-ring (bicyclic) bond motifs is 1. The summed E-state index contributed by atoms with van der Waals surface area (Å²) in [6, 6.07) is 5.33. The second kappa shape index (κ2) is 7.97. The first kappa shape index (κ1) is 22.6. The van der Waals surface area contributed by atoms with E-state index >= 15 is 0 Å². The molecular formula is C24H25F3N4O3. The third kappa shape index (κ3) is 4.00. The molecule has 2 aromatic heterocycles. The number of aliphatic hydroxyl groups excluding tert-OH is 1. The molecule has 2 N–H and O–H groups in total. The summed E-state index contributed by atoms with van der Waals surface area (Å²) in [4.78, 5) is 18.8. The van der Waals surface area contributed by atoms with Crippen molar-refractivity contribution in [2.24, 2.45) is 5.92 Å². The zero-order valence-corrected chi connectivity index (χ0v) is 18.8. The van der Waals surface area contributed by atoms with Crippen molar-refractivity contribution in [3.05, 3.63) is 41.1 Å². The predicted molar refractivity (Wildman–Crippen MR) is 118 cm³/mol. The fourth-order valence-corrected chi connectivity index (χ4v) is 4.93. The SMILES string of the molecule is Cc1cc(C(F)(F)F)cc(O)c1-c1ccc2c([C@@H](C)O)n(C[C@@H]3CC(=O)N(C4CC4)C3)nc2n1. The van der Waals surface area contributed by atoms with Crippen LogP contribution in [0.15, 0.2) is 24.3 Å². The molecule has 1 aliphatic heterocycles. The fourth-order valence-electron chi connectivity index (χ4n) is 4.93. The highest BCUT2D eigenvalue weighted by atomic mass is 19.4. The smallest absolute Gasteiger partial charge is 0.416 e. The van der Waals surface area contributed by atoms with Gasteiger partial charge in [-0.25, -0.2) is 4.98 Å². The van der Waals surface area contributed by atoms with Crippen LogP contribution in [0.1, 0.15) is 49.1 Å². The lowest BCUT2D eigenvalue weighted by molar-refractivity contribution is -0.137. The van der Waals surface area contributed by atoms with Gasteiger partial charge in [-0.05, 0) is 56.5 Å². The number of phenols is 1. The summed E-state index contributed by atoms with van der Waals surface area (Å²) < 4.78 is 40.9. The van der Waals surface area contributed by atoms with E-state index in [-0.39, 0.29) is 28.6 Å². The minimum atomic E-state index is -4.57. The number of aromatic nitrogens is 3. The maximum Gasteiger partial charge on any atom is 0.416 e. The highest BCUT2D eigenvalue weighted by Gasteiger charge is 2.39. The Balaban J connectivity index is 1.50. The Hall–Kier alpha value is -3.14. The first-order valence-corrected chi connectivity index (χ1v) is 11.3. The second-order valence-corrected chi connectivity index (χ2v) is 9.34. The molecule has 2 atom stereocenters. The molecule has 0 radical (unpaired) electrons. The molecule has 10 heteroatoms. The Bertz CT molecular complexity index is 1260. The van der Waals surface area contributed by atoms with E-state index < -0.39 is 23.6 Å². The monoisotopic (exact) mass is 474 g/mol. The van der Waals surface area contributed by atoms with E-state index in [2.05, 4.69) is 10.1 Å². The minimum Gasteiger partial charge on any atom is -0.507 e. The average molecular weight is 474 g/mol. The Morgan fingerprint density at radius 2 is 1.97 bits per heavy atom. The van der Waals surface area contributed by atoms with Crippen LogP contribution in [0.3, 0.4) is 0 Å². The van der Waals surface area contributed by atoms with Gasteiger partial charge in [0.2, 0.25) is 5.91 Å². The summed E-state index contributed by atoms with van der Waals surface area (Å²) in [7, 11) is 0. The second-order valence-electron chi connectivity index (χ2n) is 9.34. The molecule has 2 aliphatic rings. The van der Waals surface area contributed by atoms with Crippen molar-refractivity contribution in [1.29, 1.82) is 0 Å². The Morgan fingerprint density at radius 3 is 2.59 bits per heavy atom. The lowest BCUT2D eigenvalue weighted by Crippen LogP contribution is -2.28. The zero-order chi connectivity index (χ0) is 24.4. The van der Waals surface area contributed by atoms with E-state index in [9.17, 15) is 28.2 Å². The van der Waals surface area contributed by atoms with Crippen molar-refractivity contribution in [2.75, 3.05) is 6.54 Å². The third-order valence-electron chi connectivity index (χ3n) is 6.60. The molecule has 1 aromatic carbocycles. The van der Waals surface area contributed by atoms with Gasteiger partial charge < -0.3 is 15.1 Å². The number of likely N-dealkylation sites (tertiary alicyclic amines) is 1. The Labute approximate surface area is 193 Å². The molecule has 5 rings (SSSR count). The number of amides is 1. The topological polar surface area (TPSA) is 91.5 Å². The lowest BCUT2D eigenvalue weighted by atomic mass is 10.00. The zero-order valence-electron chi connectivity index (χ0n) is 18.8. The number of carbonyl (C=O) groups is 1. The van der Waals surface area contributed by atoms with Gasteiger partial charge in [-0.15, -0.1) is 0 Å². The standard InChI is InChI=1S/C24H25F3N4O3/c1-12-7-15(24(25,26)27)9-19(33)21(12)18-6-5-17-22(13(2)32)31(29-23(17)28-18)11-14-8-20(34)30(10-14)16-3-4-16/h5-7,9,13-14,16,32-33H,3-4,8,10-11H2,1-2H3/t13-,14-/m1/s1. The van der Waals surface area contributed by atoms with Gasteiger partial charge in [-0.2, -0.15) is 18.3 Å². The molecule has 3 heterocycles. The van der Waals surface area contributed by atoms with Crippen molar-refractivity contribution in [3.63, 3.8) is 0 Å². The van der Waals surface area contributed by atoms with E-state index in [0.717, 1.165) is 18.9 Å². The number of benzene rings is 1. The number of nitrogens with zero attached hydrogens (tertiary/aromatic N) is 4. The van der Waals surface area contributed by atoms with Crippen molar-refractivity contribution in [3.8, 4) is 17.0 Å². The highest BCUT2D eigenvalue weighted by molar-refractivity contribution is 5.83. The maximum atomic E-state index is 13.1. The van der Waals surface area contributed by atoms with Crippen LogP contribution in [0.2, 0.25) is 0 Å². The minimum absolute atomic E-state index is 0.0700. The number of halogens is 3. The summed E-state index contributed by atoms with van der Waals surface area (Å²) >= 11 is 0. The predicted octanol–water partition coefficient (Wildman–Crippen LogP) is 4.20. The number of aryl methyl sites for hydroxylation is 1. The first-order valence-electron chi connectivity index (χ1n) is 11.3. The summed E-state index contributed by atoms with van der Waals surface area (Å²) in [6.45, 7) is 4.23. The molecule has 3 aromatic rings. The van der Waals surface area contributed by atoms with Gasteiger partial charge in [-0.1, -0.05) is 0 Å². The van der Waals surface area contributed by atoms with Gasteiger partial charge in [0.15, 0.2) is 5.65 Å². The van der Waals surface area contributed by atoms with Gasteiger partial charge in [-0.3, -0.25) is 9.48 Å². The molecule has 180 valence electrons. The van der Waals surface area contributed by atoms with Gasteiger partial charge in [0.25, 0.3) is 0 Å². The largest absolute Gasteiger partial charge is 0.507 e. The quantitative estimate of drug-likeness (QED) is 0.579. The summed E-state index contributed by atoms with van der Waals surface area (Å²) in [5.74, 6) is -0.295. The number of aliphatic hydroxyl groups is 1. The molecule has 1 saturated carbocycles. The maximum absolute atomic E-state index is 13.1. The van der Waals surface area contributed by atoms with Crippen LogP contribution in [0.25, 0.3) is 22.3 Å². The number of alkyl halides is 3. The fraction of sp³-hybridized carbons (Fsp3) is 0.458. The lowest BCUT2D eigenvalue weighted by Gasteiger charge is -2.16. The number of phenolic OH excluding ortho intramolecular Hbond substituents is 1. The van der Waals surface area contributed by atoms with Gasteiger partial charge in [0.05, 0.1) is 23.1 Å². The first-order chi connectivity index (χ1) is 16.0. The third-order valence-corrected chi connectivity index (χ3v) is 6.60. The van der Waals surface area contributed by atoms with Gasteiger partial charge in [0.1, 0.15) is 5.75 Å². The molecule has 34 heavy (non-hydrogen) atoms. The van der Waals surface area contributed by atoms with E-state index in [4.69, 9.17) is 0 Å². The van der Waals surface area contributed by atoms with Gasteiger partial charge in [0, 0.05) is 42.4 Å². The van der Waals surface area contributed by atoms with Crippen molar-refractivity contribution >= 4 is 16.9 Å².